The molecule has 0 aliphatic carbocycles. The van der Waals surface area contributed by atoms with Crippen molar-refractivity contribution in [2.24, 2.45) is 4.99 Å². The van der Waals surface area contributed by atoms with Crippen molar-refractivity contribution in [3.63, 3.8) is 0 Å². The maximum absolute atomic E-state index is 12.3. The fourth-order valence-corrected chi connectivity index (χ4v) is 2.76. The molecule has 1 unspecified atom stereocenters. The Morgan fingerprint density at radius 1 is 1.13 bits per heavy atom. The molecule has 1 atom stereocenters. The number of nitrogens with one attached hydrogen (secondary N) is 3. The molecule has 0 saturated heterocycles. The molecule has 2 aromatic rings. The molecule has 0 spiro atoms. The fraction of sp³-hybridized carbons (Fsp3) is 0.478. The van der Waals surface area contributed by atoms with Crippen molar-refractivity contribution >= 4 is 12.1 Å². The number of ether oxygens (including phenoxy) is 2. The number of furan rings is 1. The number of carbonyl (C=O) groups excluding carboxylic acids is 1. The molecule has 0 saturated carbocycles. The number of rotatable bonds is 10. The van der Waals surface area contributed by atoms with Gasteiger partial charge < -0.3 is 29.8 Å². The average molecular weight is 431 g/mol. The number of guanidine groups is 1. The lowest BCUT2D eigenvalue weighted by atomic mass is 10.1. The monoisotopic (exact) mass is 430 g/mol. The van der Waals surface area contributed by atoms with Crippen molar-refractivity contribution in [3.05, 3.63) is 60.1 Å². The first kappa shape index (κ1) is 24.3. The summed E-state index contributed by atoms with van der Waals surface area (Å²) in [6.07, 6.45) is 2.00. The minimum atomic E-state index is -0.560. The van der Waals surface area contributed by atoms with Crippen LogP contribution in [0.3, 0.4) is 0 Å². The zero-order valence-electron chi connectivity index (χ0n) is 18.8. The van der Waals surface area contributed by atoms with Crippen molar-refractivity contribution in [3.8, 4) is 0 Å². The van der Waals surface area contributed by atoms with Gasteiger partial charge in [0.1, 0.15) is 18.0 Å². The summed E-state index contributed by atoms with van der Waals surface area (Å²) in [5.41, 5.74) is 0.414. The lowest BCUT2D eigenvalue weighted by molar-refractivity contribution is 0.0504. The van der Waals surface area contributed by atoms with Crippen LogP contribution < -0.4 is 16.0 Å². The van der Waals surface area contributed by atoms with Crippen LogP contribution in [0.4, 0.5) is 4.79 Å². The van der Waals surface area contributed by atoms with Crippen LogP contribution in [0, 0.1) is 0 Å². The van der Waals surface area contributed by atoms with Crippen LogP contribution in [0.25, 0.3) is 0 Å². The molecule has 8 heteroatoms. The third-order valence-electron chi connectivity index (χ3n) is 4.17. The topological polar surface area (TPSA) is 97.1 Å². The molecule has 3 N–H and O–H groups in total. The summed E-state index contributed by atoms with van der Waals surface area (Å²) in [4.78, 5) is 16.5. The fourth-order valence-electron chi connectivity index (χ4n) is 2.76. The summed E-state index contributed by atoms with van der Waals surface area (Å²) in [5, 5.41) is 9.45. The summed E-state index contributed by atoms with van der Waals surface area (Å²) < 4.78 is 16.2. The normalized spacial score (nSPS) is 12.8. The van der Waals surface area contributed by atoms with E-state index in [9.17, 15) is 4.79 Å². The van der Waals surface area contributed by atoms with Crippen LogP contribution in [0.1, 0.15) is 44.6 Å². The first-order chi connectivity index (χ1) is 14.9. The predicted molar refractivity (Wildman–Crippen MR) is 121 cm³/mol. The van der Waals surface area contributed by atoms with Gasteiger partial charge in [-0.2, -0.15) is 0 Å². The standard InChI is InChI=1S/C23H34N4O4/c1-23(2,3)31-22(28)27-20(18-10-6-5-7-11-18)16-26-21(24-4)25-13-9-14-29-17-19-12-8-15-30-19/h5-8,10-12,15,20H,9,13-14,16-17H2,1-4H3,(H,27,28)(H2,24,25,26). The highest BCUT2D eigenvalue weighted by atomic mass is 16.6. The molecule has 1 aromatic heterocycles. The van der Waals surface area contributed by atoms with E-state index in [2.05, 4.69) is 20.9 Å². The largest absolute Gasteiger partial charge is 0.467 e. The Labute approximate surface area is 184 Å². The van der Waals surface area contributed by atoms with Crippen molar-refractivity contribution in [2.45, 2.75) is 45.4 Å². The van der Waals surface area contributed by atoms with Gasteiger partial charge in [0, 0.05) is 26.7 Å². The number of amides is 1. The van der Waals surface area contributed by atoms with Gasteiger partial charge >= 0.3 is 6.09 Å². The number of alkyl carbamates (subject to hydrolysis) is 1. The van der Waals surface area contributed by atoms with Crippen molar-refractivity contribution in [2.75, 3.05) is 26.7 Å². The van der Waals surface area contributed by atoms with Gasteiger partial charge in [-0.1, -0.05) is 30.3 Å². The van der Waals surface area contributed by atoms with Gasteiger partial charge in [0.05, 0.1) is 12.3 Å². The van der Waals surface area contributed by atoms with Crippen LogP contribution in [0.2, 0.25) is 0 Å². The molecule has 31 heavy (non-hydrogen) atoms. The first-order valence-corrected chi connectivity index (χ1v) is 10.5. The highest BCUT2D eigenvalue weighted by Gasteiger charge is 2.20. The molecule has 170 valence electrons. The summed E-state index contributed by atoms with van der Waals surface area (Å²) in [6.45, 7) is 7.75. The van der Waals surface area contributed by atoms with Crippen LogP contribution in [0.15, 0.2) is 58.1 Å². The minimum Gasteiger partial charge on any atom is -0.467 e. The Bertz CT molecular complexity index is 786. The molecule has 1 amide bonds. The lowest BCUT2D eigenvalue weighted by Crippen LogP contribution is -2.44. The second-order valence-electron chi connectivity index (χ2n) is 7.97. The lowest BCUT2D eigenvalue weighted by Gasteiger charge is -2.24. The van der Waals surface area contributed by atoms with Gasteiger partial charge in [-0.25, -0.2) is 4.79 Å². The number of benzene rings is 1. The highest BCUT2D eigenvalue weighted by Crippen LogP contribution is 2.14. The van der Waals surface area contributed by atoms with E-state index in [4.69, 9.17) is 13.9 Å². The van der Waals surface area contributed by atoms with E-state index < -0.39 is 11.7 Å². The Kier molecular flexibility index (Phi) is 9.90. The van der Waals surface area contributed by atoms with Crippen molar-refractivity contribution in [1.29, 1.82) is 0 Å². The third kappa shape index (κ3) is 10.0. The molecule has 1 heterocycles. The number of carbonyl (C=O) groups is 1. The van der Waals surface area contributed by atoms with Gasteiger partial charge in [-0.15, -0.1) is 0 Å². The summed E-state index contributed by atoms with van der Waals surface area (Å²) in [6, 6.07) is 13.2. The smallest absolute Gasteiger partial charge is 0.408 e. The maximum Gasteiger partial charge on any atom is 0.408 e. The summed E-state index contributed by atoms with van der Waals surface area (Å²) >= 11 is 0. The van der Waals surface area contributed by atoms with E-state index in [1.54, 1.807) is 13.3 Å². The summed E-state index contributed by atoms with van der Waals surface area (Å²) in [5.74, 6) is 1.47. The van der Waals surface area contributed by atoms with Gasteiger partial charge in [-0.05, 0) is 44.9 Å². The molecular formula is C23H34N4O4. The molecule has 2 rings (SSSR count). The molecule has 0 aliphatic heterocycles. The van der Waals surface area contributed by atoms with E-state index >= 15 is 0 Å². The summed E-state index contributed by atoms with van der Waals surface area (Å²) in [7, 11) is 1.71. The predicted octanol–water partition coefficient (Wildman–Crippen LogP) is 3.62. The Morgan fingerprint density at radius 3 is 2.55 bits per heavy atom. The Morgan fingerprint density at radius 2 is 1.90 bits per heavy atom. The van der Waals surface area contributed by atoms with Crippen LogP contribution in [-0.2, 0) is 16.1 Å². The van der Waals surface area contributed by atoms with Gasteiger partial charge in [0.15, 0.2) is 5.96 Å². The third-order valence-corrected chi connectivity index (χ3v) is 4.17. The molecule has 0 fully saturated rings. The van der Waals surface area contributed by atoms with E-state index in [0.29, 0.717) is 32.3 Å². The second-order valence-corrected chi connectivity index (χ2v) is 7.97. The van der Waals surface area contributed by atoms with Gasteiger partial charge in [0.25, 0.3) is 0 Å². The molecule has 0 bridgehead atoms. The van der Waals surface area contributed by atoms with Crippen LogP contribution in [-0.4, -0.2) is 44.4 Å². The zero-order valence-corrected chi connectivity index (χ0v) is 18.8. The van der Waals surface area contributed by atoms with Crippen LogP contribution in [0.5, 0.6) is 0 Å². The van der Waals surface area contributed by atoms with E-state index in [-0.39, 0.29) is 6.04 Å². The Hall–Kier alpha value is -3.00. The zero-order chi connectivity index (χ0) is 22.5. The molecular weight excluding hydrogens is 396 g/mol. The minimum absolute atomic E-state index is 0.272. The SMILES string of the molecule is CN=C(NCCCOCc1ccco1)NCC(NC(=O)OC(C)(C)C)c1ccccc1. The molecule has 8 nitrogen and oxygen atoms in total. The van der Waals surface area contributed by atoms with E-state index in [0.717, 1.165) is 17.7 Å². The maximum atomic E-state index is 12.3. The first-order valence-electron chi connectivity index (χ1n) is 10.5. The average Bonchev–Trinajstić information content (AvgIpc) is 3.24. The molecule has 0 radical (unpaired) electrons. The van der Waals surface area contributed by atoms with E-state index in [1.807, 2.05) is 63.2 Å². The van der Waals surface area contributed by atoms with Gasteiger partial charge in [-0.3, -0.25) is 4.99 Å². The number of hydrogen-bond acceptors (Lipinski definition) is 5. The Balaban J connectivity index is 1.77. The quantitative estimate of drug-likeness (QED) is 0.303. The number of nitrogens with zero attached hydrogens (tertiary/aromatic N) is 1. The van der Waals surface area contributed by atoms with Crippen molar-refractivity contribution in [1.82, 2.24) is 16.0 Å². The highest BCUT2D eigenvalue weighted by molar-refractivity contribution is 5.79. The molecule has 1 aromatic carbocycles. The number of hydrogen-bond donors (Lipinski definition) is 3. The number of aliphatic imine (C=N–C) groups is 1. The van der Waals surface area contributed by atoms with E-state index in [1.165, 1.54) is 0 Å². The molecule has 0 aliphatic rings. The second kappa shape index (κ2) is 12.6. The van der Waals surface area contributed by atoms with Crippen molar-refractivity contribution < 1.29 is 18.7 Å². The van der Waals surface area contributed by atoms with Gasteiger partial charge in [0.2, 0.25) is 0 Å². The van der Waals surface area contributed by atoms with Crippen LogP contribution >= 0.6 is 0 Å².